The maximum absolute atomic E-state index is 13.5. The molecule has 3 aliphatic rings. The van der Waals surface area contributed by atoms with Gasteiger partial charge in [-0.3, -0.25) is 4.79 Å². The maximum atomic E-state index is 13.5. The smallest absolute Gasteiger partial charge is 0.220 e. The van der Waals surface area contributed by atoms with E-state index in [1.165, 1.54) is 250 Å². The van der Waals surface area contributed by atoms with Crippen LogP contribution in [-0.4, -0.2) is 193 Å². The van der Waals surface area contributed by atoms with Crippen LogP contribution >= 0.6 is 0 Å². The predicted octanol–water partition coefficient (Wildman–Crippen LogP) is 17.3. The quantitative estimate of drug-likeness (QED) is 0.0199. The Hall–Kier alpha value is -3.03. The number of hydrogen-bond acceptors (Lipinski definition) is 18. The van der Waals surface area contributed by atoms with Crippen molar-refractivity contribution in [2.45, 2.75) is 465 Å². The SMILES string of the molecule is CC/C=C\C/C=C\C/C=C\C/C=C\C/C=C\C/C=C\CCCCCCCCCCCCCCCCCCCCCCCCC(=O)NC(COC1OC(CO)C(OC2OC(CO)C(OC3OC(CO)C(O)C(O)C3O)C(O)C2O)C(O)C1O)C(O)/C=C/CCCCCCCCCCCCCCCCCCCCCCCCC. The lowest BCUT2D eigenvalue weighted by atomic mass is 9.96. The number of aliphatic hydroxyl groups is 11. The molecule has 0 saturated carbocycles. The van der Waals surface area contributed by atoms with Gasteiger partial charge in [-0.2, -0.15) is 0 Å². The molecule has 0 aromatic rings. The fraction of sp³-hybridized carbons (Fsp3) is 0.837. The van der Waals surface area contributed by atoms with Gasteiger partial charge < -0.3 is 89.9 Å². The Labute approximate surface area is 673 Å². The summed E-state index contributed by atoms with van der Waals surface area (Å²) in [7, 11) is 0. The van der Waals surface area contributed by atoms with Gasteiger partial charge in [-0.05, 0) is 70.6 Å². The van der Waals surface area contributed by atoms with E-state index in [2.05, 4.69) is 92.1 Å². The van der Waals surface area contributed by atoms with Crippen LogP contribution in [0.4, 0.5) is 0 Å². The third-order valence-electron chi connectivity index (χ3n) is 22.2. The van der Waals surface area contributed by atoms with Crippen molar-refractivity contribution in [1.29, 1.82) is 0 Å². The monoisotopic (exact) mass is 1570 g/mol. The highest BCUT2D eigenvalue weighted by Crippen LogP contribution is 2.34. The summed E-state index contributed by atoms with van der Waals surface area (Å²) in [5.74, 6) is -0.270. The summed E-state index contributed by atoms with van der Waals surface area (Å²) in [6.07, 6.45) is 70.2. The first-order chi connectivity index (χ1) is 54.3. The molecule has 0 spiro atoms. The second kappa shape index (κ2) is 71.1. The van der Waals surface area contributed by atoms with E-state index in [9.17, 15) is 61.0 Å². The van der Waals surface area contributed by atoms with E-state index in [-0.39, 0.29) is 18.9 Å². The Morgan fingerprint density at radius 1 is 0.333 bits per heavy atom. The van der Waals surface area contributed by atoms with Crippen molar-refractivity contribution in [2.75, 3.05) is 26.4 Å². The number of rotatable bonds is 73. The standard InChI is InChI=1S/C92H165NO18/c1-3-5-7-9-11-13-15-17-19-21-23-25-27-29-30-31-32-33-34-35-36-37-38-39-40-41-42-43-44-46-48-50-52-54-56-58-60-62-64-66-68-70-80(98)93-75(76(97)69-67-65-63-61-59-57-55-53-51-49-47-45-28-26-24-22-20-18-16-14-12-10-8-6-4-2)74-106-90-86(104)83(101)88(78(72-95)108-90)111-92-87(105)84(102)89(79(73-96)109-92)110-91-85(103)82(100)81(99)77(71-94)107-91/h5,7,11,13,17,19,23,25,29-30,32-33,67,69,75-79,81-92,94-97,99-105H,3-4,6,8-10,12,14-16,18,20-22,24,26-28,31,34-66,68,70-74H2,1-2H3,(H,93,98)/b7-5-,13-11-,19-17-,25-23-,30-29-,33-32-,69-67+. The number of amides is 1. The lowest BCUT2D eigenvalue weighted by Gasteiger charge is -2.48. The Morgan fingerprint density at radius 3 is 0.973 bits per heavy atom. The molecule has 1 amide bonds. The second-order valence-corrected chi connectivity index (χ2v) is 32.0. The Bertz CT molecular complexity index is 2330. The summed E-state index contributed by atoms with van der Waals surface area (Å²) < 4.78 is 34.5. The largest absolute Gasteiger partial charge is 0.394 e. The number of ether oxygens (including phenoxy) is 6. The molecule has 3 heterocycles. The van der Waals surface area contributed by atoms with Gasteiger partial charge in [-0.25, -0.2) is 0 Å². The number of carbonyl (C=O) groups excluding carboxylic acids is 1. The van der Waals surface area contributed by atoms with E-state index in [4.69, 9.17) is 28.4 Å². The summed E-state index contributed by atoms with van der Waals surface area (Å²) >= 11 is 0. The molecule has 3 rings (SSSR count). The molecular weight excluding hydrogens is 1410 g/mol. The van der Waals surface area contributed by atoms with Crippen LogP contribution in [0.25, 0.3) is 0 Å². The molecule has 0 aliphatic carbocycles. The summed E-state index contributed by atoms with van der Waals surface area (Å²) in [5.41, 5.74) is 0. The van der Waals surface area contributed by atoms with Gasteiger partial charge >= 0.3 is 0 Å². The van der Waals surface area contributed by atoms with E-state index in [1.54, 1.807) is 6.08 Å². The lowest BCUT2D eigenvalue weighted by molar-refractivity contribution is -0.379. The molecule has 3 aliphatic heterocycles. The number of nitrogens with one attached hydrogen (secondary N) is 1. The van der Waals surface area contributed by atoms with Crippen molar-refractivity contribution in [1.82, 2.24) is 5.32 Å². The van der Waals surface area contributed by atoms with Gasteiger partial charge in [0.05, 0.1) is 38.6 Å². The van der Waals surface area contributed by atoms with Gasteiger partial charge in [0, 0.05) is 6.42 Å². The first kappa shape index (κ1) is 102. The second-order valence-electron chi connectivity index (χ2n) is 32.0. The summed E-state index contributed by atoms with van der Waals surface area (Å²) in [4.78, 5) is 13.5. The number of hydrogen-bond donors (Lipinski definition) is 12. The minimum atomic E-state index is -1.98. The van der Waals surface area contributed by atoms with Gasteiger partial charge in [0.15, 0.2) is 18.9 Å². The first-order valence-corrected chi connectivity index (χ1v) is 45.3. The highest BCUT2D eigenvalue weighted by molar-refractivity contribution is 5.76. The average molecular weight is 1570 g/mol. The predicted molar refractivity (Wildman–Crippen MR) is 448 cm³/mol. The van der Waals surface area contributed by atoms with Crippen LogP contribution in [0.5, 0.6) is 0 Å². The number of aliphatic hydroxyl groups excluding tert-OH is 11. The van der Waals surface area contributed by atoms with Crippen molar-refractivity contribution in [2.24, 2.45) is 0 Å². The van der Waals surface area contributed by atoms with Crippen LogP contribution < -0.4 is 5.32 Å². The third kappa shape index (κ3) is 49.7. The molecule has 17 unspecified atom stereocenters. The van der Waals surface area contributed by atoms with Crippen LogP contribution in [0.15, 0.2) is 85.1 Å². The lowest BCUT2D eigenvalue weighted by Crippen LogP contribution is -2.66. The van der Waals surface area contributed by atoms with Crippen LogP contribution in [0.1, 0.15) is 361 Å². The molecule has 0 bridgehead atoms. The van der Waals surface area contributed by atoms with E-state index in [1.807, 2.05) is 6.08 Å². The van der Waals surface area contributed by atoms with E-state index < -0.39 is 124 Å². The average Bonchev–Trinajstić information content (AvgIpc) is 0.780. The summed E-state index contributed by atoms with van der Waals surface area (Å²) in [6.45, 7) is 1.67. The highest BCUT2D eigenvalue weighted by Gasteiger charge is 2.54. The molecule has 646 valence electrons. The molecule has 19 nitrogen and oxygen atoms in total. The van der Waals surface area contributed by atoms with Gasteiger partial charge in [-0.15, -0.1) is 0 Å². The van der Waals surface area contributed by atoms with Crippen LogP contribution in [0, 0.1) is 0 Å². The number of carbonyl (C=O) groups is 1. The number of unbranched alkanes of at least 4 members (excludes halogenated alkanes) is 45. The zero-order valence-corrected chi connectivity index (χ0v) is 69.7. The normalized spacial score (nSPS) is 25.4. The molecule has 111 heavy (non-hydrogen) atoms. The molecule has 17 atom stereocenters. The Kier molecular flexibility index (Phi) is 65.4. The van der Waals surface area contributed by atoms with Crippen LogP contribution in [0.2, 0.25) is 0 Å². The molecule has 19 heteroatoms. The maximum Gasteiger partial charge on any atom is 0.220 e. The topological polar surface area (TPSA) is 307 Å². The molecular formula is C92H165NO18. The fourth-order valence-electron chi connectivity index (χ4n) is 15.0. The van der Waals surface area contributed by atoms with Gasteiger partial charge in [-0.1, -0.05) is 369 Å². The Balaban J connectivity index is 1.30. The van der Waals surface area contributed by atoms with E-state index >= 15 is 0 Å². The molecule has 12 N–H and O–H groups in total. The summed E-state index contributed by atoms with van der Waals surface area (Å²) in [6, 6.07) is -0.976. The van der Waals surface area contributed by atoms with Crippen LogP contribution in [0.3, 0.4) is 0 Å². The minimum absolute atomic E-state index is 0.245. The molecule has 3 saturated heterocycles. The minimum Gasteiger partial charge on any atom is -0.394 e. The molecule has 0 aromatic heterocycles. The third-order valence-corrected chi connectivity index (χ3v) is 22.2. The first-order valence-electron chi connectivity index (χ1n) is 45.3. The summed E-state index contributed by atoms with van der Waals surface area (Å²) in [5, 5.41) is 121. The van der Waals surface area contributed by atoms with Gasteiger partial charge in [0.25, 0.3) is 0 Å². The fourth-order valence-corrected chi connectivity index (χ4v) is 15.0. The molecule has 0 radical (unpaired) electrons. The van der Waals surface area contributed by atoms with Crippen molar-refractivity contribution in [3.63, 3.8) is 0 Å². The molecule has 0 aromatic carbocycles. The Morgan fingerprint density at radius 2 is 0.622 bits per heavy atom. The zero-order valence-electron chi connectivity index (χ0n) is 69.7. The zero-order chi connectivity index (χ0) is 80.3. The van der Waals surface area contributed by atoms with E-state index in [0.717, 1.165) is 83.5 Å². The van der Waals surface area contributed by atoms with Gasteiger partial charge in [0.2, 0.25) is 5.91 Å². The van der Waals surface area contributed by atoms with Crippen molar-refractivity contribution in [3.05, 3.63) is 85.1 Å². The van der Waals surface area contributed by atoms with E-state index in [0.29, 0.717) is 6.42 Å². The highest BCUT2D eigenvalue weighted by atomic mass is 16.8. The van der Waals surface area contributed by atoms with Crippen molar-refractivity contribution >= 4 is 5.91 Å². The van der Waals surface area contributed by atoms with Crippen LogP contribution in [-0.2, 0) is 33.2 Å². The van der Waals surface area contributed by atoms with Crippen molar-refractivity contribution in [3.8, 4) is 0 Å². The van der Waals surface area contributed by atoms with Gasteiger partial charge in [0.1, 0.15) is 73.2 Å². The van der Waals surface area contributed by atoms with Crippen molar-refractivity contribution < 1.29 is 89.4 Å². The molecule has 3 fully saturated rings. The number of allylic oxidation sites excluding steroid dienone is 13.